The summed E-state index contributed by atoms with van der Waals surface area (Å²) in [5.41, 5.74) is 1.48. The molecule has 0 spiro atoms. The summed E-state index contributed by atoms with van der Waals surface area (Å²) >= 11 is 0. The Bertz CT molecular complexity index is 361. The van der Waals surface area contributed by atoms with Crippen molar-refractivity contribution >= 4 is 0 Å². The normalized spacial score (nSPS) is 22.3. The molecule has 1 aliphatic rings. The van der Waals surface area contributed by atoms with E-state index in [0.717, 1.165) is 19.3 Å². The first kappa shape index (κ1) is 16.5. The van der Waals surface area contributed by atoms with Gasteiger partial charge in [-0.15, -0.1) is 0 Å². The Kier molecular flexibility index (Phi) is 7.79. The smallest absolute Gasteiger partial charge is 0.0967 e. The minimum absolute atomic E-state index is 0.850. The zero-order valence-electron chi connectivity index (χ0n) is 13.5. The number of likely N-dealkylation sites (tertiary alicyclic amines) is 1. The van der Waals surface area contributed by atoms with Crippen LogP contribution in [0.4, 0.5) is 0 Å². The quantitative estimate of drug-likeness (QED) is 0.629. The van der Waals surface area contributed by atoms with Crippen LogP contribution >= 0.6 is 0 Å². The van der Waals surface area contributed by atoms with Crippen LogP contribution in [0.25, 0.3) is 0 Å². The zero-order chi connectivity index (χ0) is 14.8. The molecule has 0 amide bonds. The fourth-order valence-electron chi connectivity index (χ4n) is 3.18. The molecule has 21 heavy (non-hydrogen) atoms. The van der Waals surface area contributed by atoms with E-state index in [-0.39, 0.29) is 0 Å². The first-order valence-electron chi connectivity index (χ1n) is 8.67. The SMILES string of the molecule is CCOCCC[NH2+]C1CC[NH+](CCc2ccccc2)CC1. The van der Waals surface area contributed by atoms with Crippen molar-refractivity contribution in [2.45, 2.75) is 38.6 Å². The topological polar surface area (TPSA) is 30.3 Å². The Balaban J connectivity index is 1.54. The third-order valence-corrected chi connectivity index (χ3v) is 4.54. The minimum atomic E-state index is 0.850. The van der Waals surface area contributed by atoms with Crippen LogP contribution in [0.3, 0.4) is 0 Å². The summed E-state index contributed by atoms with van der Waals surface area (Å²) in [6.07, 6.45) is 5.16. The number of quaternary nitrogens is 2. The summed E-state index contributed by atoms with van der Waals surface area (Å²) in [4.78, 5) is 1.79. The number of hydrogen-bond acceptors (Lipinski definition) is 1. The van der Waals surface area contributed by atoms with E-state index in [1.165, 1.54) is 57.4 Å². The van der Waals surface area contributed by atoms with Gasteiger partial charge in [0.1, 0.15) is 0 Å². The Morgan fingerprint density at radius 1 is 1.19 bits per heavy atom. The highest BCUT2D eigenvalue weighted by Crippen LogP contribution is 1.99. The molecular weight excluding hydrogens is 260 g/mol. The second-order valence-electron chi connectivity index (χ2n) is 6.15. The molecule has 0 unspecified atom stereocenters. The van der Waals surface area contributed by atoms with Gasteiger partial charge in [-0.3, -0.25) is 0 Å². The van der Waals surface area contributed by atoms with Crippen LogP contribution < -0.4 is 10.2 Å². The standard InChI is InChI=1S/C18H30N2O/c1-2-21-16-6-12-19-18-10-14-20(15-11-18)13-9-17-7-4-3-5-8-17/h3-5,7-8,18-19H,2,6,9-16H2,1H3/p+2. The Morgan fingerprint density at radius 3 is 2.67 bits per heavy atom. The third kappa shape index (κ3) is 6.60. The number of rotatable bonds is 9. The molecular formula is C18H32N2O+2. The number of ether oxygens (including phenoxy) is 1. The van der Waals surface area contributed by atoms with Crippen LogP contribution in [-0.2, 0) is 11.2 Å². The Labute approximate surface area is 129 Å². The molecule has 0 aliphatic carbocycles. The summed E-state index contributed by atoms with van der Waals surface area (Å²) in [5, 5.41) is 2.55. The van der Waals surface area contributed by atoms with E-state index in [9.17, 15) is 0 Å². The average molecular weight is 292 g/mol. The van der Waals surface area contributed by atoms with Gasteiger partial charge < -0.3 is 15.0 Å². The van der Waals surface area contributed by atoms with Crippen molar-refractivity contribution in [2.75, 3.05) is 39.4 Å². The summed E-state index contributed by atoms with van der Waals surface area (Å²) in [5.74, 6) is 0. The number of nitrogens with one attached hydrogen (secondary N) is 1. The monoisotopic (exact) mass is 292 g/mol. The van der Waals surface area contributed by atoms with Crippen molar-refractivity contribution < 1.29 is 15.0 Å². The molecule has 1 fully saturated rings. The van der Waals surface area contributed by atoms with Crippen LogP contribution in [0.2, 0.25) is 0 Å². The summed E-state index contributed by atoms with van der Waals surface area (Å²) < 4.78 is 5.39. The van der Waals surface area contributed by atoms with Crippen LogP contribution in [0.15, 0.2) is 30.3 Å². The first-order chi connectivity index (χ1) is 10.4. The molecule has 0 bridgehead atoms. The van der Waals surface area contributed by atoms with Gasteiger partial charge >= 0.3 is 0 Å². The van der Waals surface area contributed by atoms with Crippen molar-refractivity contribution in [3.63, 3.8) is 0 Å². The van der Waals surface area contributed by atoms with Gasteiger partial charge in [0, 0.05) is 32.3 Å². The van der Waals surface area contributed by atoms with E-state index >= 15 is 0 Å². The largest absolute Gasteiger partial charge is 0.382 e. The maximum atomic E-state index is 5.39. The molecule has 1 aliphatic heterocycles. The van der Waals surface area contributed by atoms with Gasteiger partial charge in [0.25, 0.3) is 0 Å². The predicted octanol–water partition coefficient (Wildman–Crippen LogP) is 0.266. The Hall–Kier alpha value is -0.900. The lowest BCUT2D eigenvalue weighted by molar-refractivity contribution is -0.913. The molecule has 0 radical (unpaired) electrons. The van der Waals surface area contributed by atoms with E-state index in [4.69, 9.17) is 4.74 Å². The molecule has 3 heteroatoms. The van der Waals surface area contributed by atoms with Gasteiger partial charge in [0.05, 0.1) is 38.8 Å². The maximum Gasteiger partial charge on any atom is 0.0967 e. The lowest BCUT2D eigenvalue weighted by Crippen LogP contribution is -3.15. The van der Waals surface area contributed by atoms with E-state index < -0.39 is 0 Å². The van der Waals surface area contributed by atoms with Crippen LogP contribution in [-0.4, -0.2) is 45.4 Å². The average Bonchev–Trinajstić information content (AvgIpc) is 2.55. The van der Waals surface area contributed by atoms with Gasteiger partial charge in [-0.05, 0) is 12.5 Å². The van der Waals surface area contributed by atoms with Crippen molar-refractivity contribution in [3.05, 3.63) is 35.9 Å². The molecule has 1 saturated heterocycles. The number of nitrogens with two attached hydrogens (primary N) is 1. The minimum Gasteiger partial charge on any atom is -0.382 e. The molecule has 0 saturated carbocycles. The highest BCUT2D eigenvalue weighted by Gasteiger charge is 2.23. The molecule has 0 aromatic heterocycles. The van der Waals surface area contributed by atoms with Gasteiger partial charge in [0.2, 0.25) is 0 Å². The third-order valence-electron chi connectivity index (χ3n) is 4.54. The zero-order valence-corrected chi connectivity index (χ0v) is 13.5. The fourth-order valence-corrected chi connectivity index (χ4v) is 3.18. The summed E-state index contributed by atoms with van der Waals surface area (Å²) in [6.45, 7) is 9.05. The van der Waals surface area contributed by atoms with Crippen molar-refractivity contribution in [2.24, 2.45) is 0 Å². The van der Waals surface area contributed by atoms with Crippen LogP contribution in [0.5, 0.6) is 0 Å². The number of piperidine rings is 1. The first-order valence-corrected chi connectivity index (χ1v) is 8.67. The molecule has 1 heterocycles. The summed E-state index contributed by atoms with van der Waals surface area (Å²) in [7, 11) is 0. The highest BCUT2D eigenvalue weighted by molar-refractivity contribution is 5.14. The van der Waals surface area contributed by atoms with Gasteiger partial charge in [-0.1, -0.05) is 30.3 Å². The maximum absolute atomic E-state index is 5.39. The van der Waals surface area contributed by atoms with Crippen molar-refractivity contribution in [1.82, 2.24) is 0 Å². The molecule has 2 rings (SSSR count). The second-order valence-corrected chi connectivity index (χ2v) is 6.15. The predicted molar refractivity (Wildman–Crippen MR) is 86.6 cm³/mol. The van der Waals surface area contributed by atoms with Gasteiger partial charge in [-0.25, -0.2) is 0 Å². The molecule has 3 N–H and O–H groups in total. The van der Waals surface area contributed by atoms with Crippen molar-refractivity contribution in [3.8, 4) is 0 Å². The highest BCUT2D eigenvalue weighted by atomic mass is 16.5. The molecule has 1 aromatic carbocycles. The molecule has 1 aromatic rings. The fraction of sp³-hybridized carbons (Fsp3) is 0.667. The van der Waals surface area contributed by atoms with Gasteiger partial charge in [-0.2, -0.15) is 0 Å². The van der Waals surface area contributed by atoms with E-state index in [1.54, 1.807) is 4.90 Å². The molecule has 0 atom stereocenters. The lowest BCUT2D eigenvalue weighted by Gasteiger charge is -2.28. The Morgan fingerprint density at radius 2 is 1.95 bits per heavy atom. The van der Waals surface area contributed by atoms with E-state index in [1.807, 2.05) is 0 Å². The molecule has 118 valence electrons. The molecule has 3 nitrogen and oxygen atoms in total. The number of hydrogen-bond donors (Lipinski definition) is 2. The lowest BCUT2D eigenvalue weighted by atomic mass is 10.0. The summed E-state index contributed by atoms with van der Waals surface area (Å²) in [6, 6.07) is 11.7. The van der Waals surface area contributed by atoms with Gasteiger partial charge in [0.15, 0.2) is 0 Å². The van der Waals surface area contributed by atoms with Crippen molar-refractivity contribution in [1.29, 1.82) is 0 Å². The second kappa shape index (κ2) is 9.93. The van der Waals surface area contributed by atoms with Crippen LogP contribution in [0.1, 0.15) is 31.7 Å². The van der Waals surface area contributed by atoms with Crippen LogP contribution in [0, 0.1) is 0 Å². The van der Waals surface area contributed by atoms with E-state index in [2.05, 4.69) is 42.6 Å². The number of benzene rings is 1. The van der Waals surface area contributed by atoms with E-state index in [0.29, 0.717) is 0 Å².